The standard InChI is InChI=1S/C27H32B2N2O6/c1-25(2,3)35-24(32)31-13-11-18-21(29-36-26(4,5)27(6,7)37-29)14-16(15-22(18)31)17-8-9-20(28(33)34)19-10-12-30-23(17)19/h8-15,30,33-34H,1-7H3. The van der Waals surface area contributed by atoms with Crippen LogP contribution in [0.4, 0.5) is 4.79 Å². The van der Waals surface area contributed by atoms with E-state index in [0.717, 1.165) is 27.5 Å². The van der Waals surface area contributed by atoms with Crippen LogP contribution in [-0.2, 0) is 14.0 Å². The molecule has 0 atom stereocenters. The van der Waals surface area contributed by atoms with Crippen molar-refractivity contribution in [3.05, 3.63) is 48.8 Å². The van der Waals surface area contributed by atoms with Crippen molar-refractivity contribution in [2.75, 3.05) is 0 Å². The van der Waals surface area contributed by atoms with Crippen LogP contribution < -0.4 is 10.9 Å². The minimum absolute atomic E-state index is 0.407. The first-order valence-corrected chi connectivity index (χ1v) is 12.4. The fraction of sp³-hybridized carbons (Fsp3) is 0.370. The van der Waals surface area contributed by atoms with E-state index in [2.05, 4.69) is 4.98 Å². The average molecular weight is 502 g/mol. The summed E-state index contributed by atoms with van der Waals surface area (Å²) in [7, 11) is -2.25. The van der Waals surface area contributed by atoms with Crippen LogP contribution in [0.3, 0.4) is 0 Å². The Kier molecular flexibility index (Phi) is 5.88. The van der Waals surface area contributed by atoms with Gasteiger partial charge in [0.25, 0.3) is 0 Å². The van der Waals surface area contributed by atoms with E-state index in [1.165, 1.54) is 4.57 Å². The first-order valence-electron chi connectivity index (χ1n) is 12.4. The van der Waals surface area contributed by atoms with Gasteiger partial charge in [-0.15, -0.1) is 0 Å². The first-order chi connectivity index (χ1) is 17.2. The predicted molar refractivity (Wildman–Crippen MR) is 146 cm³/mol. The molecule has 1 aliphatic rings. The first kappa shape index (κ1) is 25.6. The average Bonchev–Trinajstić information content (AvgIpc) is 3.47. The number of hydrogen-bond donors (Lipinski definition) is 3. The lowest BCUT2D eigenvalue weighted by Gasteiger charge is -2.32. The van der Waals surface area contributed by atoms with Gasteiger partial charge in [0.2, 0.25) is 0 Å². The molecule has 0 amide bonds. The van der Waals surface area contributed by atoms with Crippen molar-refractivity contribution in [3.8, 4) is 11.1 Å². The van der Waals surface area contributed by atoms with E-state index < -0.39 is 37.1 Å². The van der Waals surface area contributed by atoms with Gasteiger partial charge in [0.15, 0.2) is 0 Å². The molecular weight excluding hydrogens is 470 g/mol. The zero-order valence-corrected chi connectivity index (χ0v) is 22.2. The summed E-state index contributed by atoms with van der Waals surface area (Å²) in [5, 5.41) is 21.2. The Morgan fingerprint density at radius 1 is 1.03 bits per heavy atom. The summed E-state index contributed by atoms with van der Waals surface area (Å²) in [6, 6.07) is 11.2. The molecule has 1 saturated heterocycles. The van der Waals surface area contributed by atoms with Gasteiger partial charge in [-0.05, 0) is 88.5 Å². The molecule has 192 valence electrons. The van der Waals surface area contributed by atoms with Crippen LogP contribution in [0.15, 0.2) is 48.8 Å². The SMILES string of the molecule is CC(C)(C)OC(=O)n1ccc2c(B3OC(C)(C)C(C)(C)O3)cc(-c3ccc(B(O)O)c4cc[nH]c34)cc21. The molecule has 4 aromatic rings. The third-order valence-corrected chi connectivity index (χ3v) is 7.28. The lowest BCUT2D eigenvalue weighted by molar-refractivity contribution is 0.00578. The van der Waals surface area contributed by atoms with E-state index in [9.17, 15) is 14.8 Å². The van der Waals surface area contributed by atoms with Crippen molar-refractivity contribution in [1.29, 1.82) is 0 Å². The molecule has 37 heavy (non-hydrogen) atoms. The summed E-state index contributed by atoms with van der Waals surface area (Å²) in [4.78, 5) is 16.4. The van der Waals surface area contributed by atoms with Gasteiger partial charge in [0.1, 0.15) is 5.60 Å². The summed E-state index contributed by atoms with van der Waals surface area (Å²) in [6.07, 6.45) is 2.98. The van der Waals surface area contributed by atoms with Crippen LogP contribution in [-0.4, -0.2) is 56.7 Å². The number of benzene rings is 2. The summed E-state index contributed by atoms with van der Waals surface area (Å²) in [5.74, 6) is 0. The van der Waals surface area contributed by atoms with Crippen LogP contribution in [0, 0.1) is 0 Å². The van der Waals surface area contributed by atoms with Crippen LogP contribution >= 0.6 is 0 Å². The molecule has 0 unspecified atom stereocenters. The predicted octanol–water partition coefficient (Wildman–Crippen LogP) is 3.55. The van der Waals surface area contributed by atoms with Crippen molar-refractivity contribution in [2.24, 2.45) is 0 Å². The maximum atomic E-state index is 13.1. The smallest absolute Gasteiger partial charge is 0.443 e. The third-order valence-electron chi connectivity index (χ3n) is 7.28. The van der Waals surface area contributed by atoms with E-state index in [1.54, 1.807) is 18.5 Å². The van der Waals surface area contributed by atoms with Gasteiger partial charge in [-0.25, -0.2) is 4.79 Å². The van der Waals surface area contributed by atoms with Crippen LogP contribution in [0.2, 0.25) is 0 Å². The van der Waals surface area contributed by atoms with Crippen molar-refractivity contribution >= 4 is 53.1 Å². The number of ether oxygens (including phenoxy) is 1. The Balaban J connectivity index is 1.74. The van der Waals surface area contributed by atoms with Crippen molar-refractivity contribution < 1.29 is 28.9 Å². The molecule has 0 saturated carbocycles. The molecule has 1 aliphatic heterocycles. The highest BCUT2D eigenvalue weighted by molar-refractivity contribution is 6.65. The van der Waals surface area contributed by atoms with Gasteiger partial charge < -0.3 is 29.1 Å². The quantitative estimate of drug-likeness (QED) is 0.371. The van der Waals surface area contributed by atoms with Crippen LogP contribution in [0.1, 0.15) is 48.5 Å². The zero-order chi connectivity index (χ0) is 26.9. The summed E-state index contributed by atoms with van der Waals surface area (Å²) >= 11 is 0. The number of aromatic nitrogens is 2. The maximum absolute atomic E-state index is 13.1. The van der Waals surface area contributed by atoms with Gasteiger partial charge in [0, 0.05) is 23.3 Å². The molecule has 8 nitrogen and oxygen atoms in total. The fourth-order valence-corrected chi connectivity index (χ4v) is 4.71. The number of H-pyrrole nitrogens is 1. The molecule has 0 radical (unpaired) electrons. The zero-order valence-electron chi connectivity index (χ0n) is 22.2. The van der Waals surface area contributed by atoms with E-state index in [4.69, 9.17) is 14.0 Å². The Morgan fingerprint density at radius 3 is 2.32 bits per heavy atom. The molecule has 0 aliphatic carbocycles. The number of fused-ring (bicyclic) bond motifs is 2. The minimum Gasteiger partial charge on any atom is -0.443 e. The van der Waals surface area contributed by atoms with Crippen molar-refractivity contribution in [3.63, 3.8) is 0 Å². The molecule has 0 bridgehead atoms. The van der Waals surface area contributed by atoms with Crippen LogP contribution in [0.5, 0.6) is 0 Å². The largest absolute Gasteiger partial charge is 0.495 e. The second-order valence-corrected chi connectivity index (χ2v) is 11.6. The summed E-state index contributed by atoms with van der Waals surface area (Å²) in [6.45, 7) is 13.5. The normalized spacial score (nSPS) is 17.1. The maximum Gasteiger partial charge on any atom is 0.495 e. The Hall–Kier alpha value is -3.04. The minimum atomic E-state index is -1.60. The highest BCUT2D eigenvalue weighted by atomic mass is 16.7. The second kappa shape index (κ2) is 8.49. The third kappa shape index (κ3) is 4.38. The van der Waals surface area contributed by atoms with Gasteiger partial charge in [-0.2, -0.15) is 0 Å². The highest BCUT2D eigenvalue weighted by Gasteiger charge is 2.52. The molecule has 3 N–H and O–H groups in total. The summed E-state index contributed by atoms with van der Waals surface area (Å²) < 4.78 is 20.0. The Morgan fingerprint density at radius 2 is 1.70 bits per heavy atom. The van der Waals surface area contributed by atoms with Crippen molar-refractivity contribution in [2.45, 2.75) is 65.3 Å². The van der Waals surface area contributed by atoms with Gasteiger partial charge in [-0.3, -0.25) is 4.57 Å². The van der Waals surface area contributed by atoms with E-state index >= 15 is 0 Å². The molecule has 2 aromatic heterocycles. The molecule has 1 fully saturated rings. The number of nitrogens with one attached hydrogen (secondary N) is 1. The lowest BCUT2D eigenvalue weighted by Crippen LogP contribution is -2.41. The van der Waals surface area contributed by atoms with Crippen molar-refractivity contribution in [1.82, 2.24) is 9.55 Å². The monoisotopic (exact) mass is 502 g/mol. The second-order valence-electron chi connectivity index (χ2n) is 11.6. The Bertz CT molecular complexity index is 1500. The molecule has 10 heteroatoms. The van der Waals surface area contributed by atoms with Gasteiger partial charge in [-0.1, -0.05) is 18.2 Å². The molecule has 0 spiro atoms. The highest BCUT2D eigenvalue weighted by Crippen LogP contribution is 2.38. The topological polar surface area (TPSA) is 106 Å². The Labute approximate surface area is 216 Å². The van der Waals surface area contributed by atoms with Gasteiger partial charge >= 0.3 is 20.3 Å². The van der Waals surface area contributed by atoms with Crippen LogP contribution in [0.25, 0.3) is 32.9 Å². The number of rotatable bonds is 3. The van der Waals surface area contributed by atoms with E-state index in [-0.39, 0.29) is 0 Å². The fourth-order valence-electron chi connectivity index (χ4n) is 4.71. The molecule has 5 rings (SSSR count). The number of hydrogen-bond acceptors (Lipinski definition) is 6. The molecular formula is C27H32B2N2O6. The van der Waals surface area contributed by atoms with Gasteiger partial charge in [0.05, 0.1) is 22.2 Å². The number of carbonyl (C=O) groups excluding carboxylic acids is 1. The summed E-state index contributed by atoms with van der Waals surface area (Å²) in [5.41, 5.74) is 2.51. The number of nitrogens with zero attached hydrogens (tertiary/aromatic N) is 1. The number of aromatic amines is 1. The van der Waals surface area contributed by atoms with E-state index in [0.29, 0.717) is 16.4 Å². The lowest BCUT2D eigenvalue weighted by atomic mass is 9.74. The number of carbonyl (C=O) groups is 1. The van der Waals surface area contributed by atoms with E-state index in [1.807, 2.05) is 78.8 Å². The molecule has 2 aromatic carbocycles. The molecule has 3 heterocycles.